The van der Waals surface area contributed by atoms with E-state index in [9.17, 15) is 4.79 Å². The Balaban J connectivity index is 4.41. The van der Waals surface area contributed by atoms with Gasteiger partial charge in [-0.1, -0.05) is 19.8 Å². The minimum Gasteiger partial charge on any atom is -0.456 e. The normalized spacial score (nSPS) is 5.22. The Kier molecular flexibility index (Phi) is 21.4. The molecule has 0 aliphatic heterocycles. The SMILES string of the molecule is C#CC#CC#CC#CC#CC#CC#CC#CC#CC#CC#CC#CC#CC#CC(=O)OCCCCC. The molecule has 160 valence electrons. The zero-order valence-electron chi connectivity index (χ0n) is 19.2. The maximum absolute atomic E-state index is 11.3. The predicted molar refractivity (Wildman–Crippen MR) is 140 cm³/mol. The van der Waals surface area contributed by atoms with Crippen LogP contribution in [0.15, 0.2) is 0 Å². The summed E-state index contributed by atoms with van der Waals surface area (Å²) in [6.07, 6.45) is 7.81. The molecule has 0 aromatic carbocycles. The lowest BCUT2D eigenvalue weighted by molar-refractivity contribution is -0.136. The van der Waals surface area contributed by atoms with Gasteiger partial charge >= 0.3 is 5.97 Å². The number of carbonyl (C=O) groups is 1. The summed E-state index contributed by atoms with van der Waals surface area (Å²) < 4.78 is 4.90. The van der Waals surface area contributed by atoms with Crippen molar-refractivity contribution < 1.29 is 9.53 Å². The van der Waals surface area contributed by atoms with Crippen molar-refractivity contribution in [3.63, 3.8) is 0 Å². The highest BCUT2D eigenvalue weighted by Gasteiger charge is 1.94. The summed E-state index contributed by atoms with van der Waals surface area (Å²) in [5.74, 6) is 65.3. The van der Waals surface area contributed by atoms with Gasteiger partial charge in [-0.15, -0.1) is 6.42 Å². The predicted octanol–water partition coefficient (Wildman–Crippen LogP) is 1.40. The number of terminal acetylenes is 1. The van der Waals surface area contributed by atoms with Crippen LogP contribution in [0, 0.1) is 166 Å². The van der Waals surface area contributed by atoms with Crippen molar-refractivity contribution in [3.8, 4) is 166 Å². The molecule has 0 unspecified atom stereocenters. The van der Waals surface area contributed by atoms with Gasteiger partial charge < -0.3 is 4.74 Å². The van der Waals surface area contributed by atoms with Crippen LogP contribution >= 0.6 is 0 Å². The smallest absolute Gasteiger partial charge is 0.385 e. The van der Waals surface area contributed by atoms with E-state index in [-0.39, 0.29) is 0 Å². The van der Waals surface area contributed by atoms with Crippen molar-refractivity contribution in [2.75, 3.05) is 6.61 Å². The van der Waals surface area contributed by atoms with Gasteiger partial charge in [0.2, 0.25) is 0 Å². The summed E-state index contributed by atoms with van der Waals surface area (Å²) in [6.45, 7) is 2.43. The second-order valence-corrected chi connectivity index (χ2v) is 5.24. The number of ether oxygens (including phenoxy) is 1. The van der Waals surface area contributed by atoms with Crippen LogP contribution in [0.25, 0.3) is 0 Å². The van der Waals surface area contributed by atoms with Gasteiger partial charge in [-0.2, -0.15) is 0 Å². The van der Waals surface area contributed by atoms with Crippen molar-refractivity contribution in [1.82, 2.24) is 0 Å². The summed E-state index contributed by atoms with van der Waals surface area (Å²) in [5, 5.41) is 0. The van der Waals surface area contributed by atoms with Crippen molar-refractivity contribution in [2.24, 2.45) is 0 Å². The van der Waals surface area contributed by atoms with E-state index in [0.717, 1.165) is 19.3 Å². The second kappa shape index (κ2) is 26.3. The Labute approximate surface area is 214 Å². The molecule has 0 aliphatic rings. The van der Waals surface area contributed by atoms with E-state index in [1.165, 1.54) is 0 Å². The lowest BCUT2D eigenvalue weighted by atomic mass is 10.3. The average Bonchev–Trinajstić information content (AvgIpc) is 2.88. The lowest BCUT2D eigenvalue weighted by Crippen LogP contribution is -2.02. The molecule has 2 heteroatoms. The Morgan fingerprint density at radius 1 is 0.500 bits per heavy atom. The molecule has 0 bridgehead atoms. The van der Waals surface area contributed by atoms with Crippen LogP contribution in [-0.4, -0.2) is 12.6 Å². The third-order valence-electron chi connectivity index (χ3n) is 2.72. The Bertz CT molecular complexity index is 1710. The Morgan fingerprint density at radius 3 is 1.11 bits per heavy atom. The fraction of sp³-hybridized carbons (Fsp3) is 0.147. The van der Waals surface area contributed by atoms with Crippen LogP contribution in [0.4, 0.5) is 0 Å². The molecule has 0 aromatic heterocycles. The second-order valence-electron chi connectivity index (χ2n) is 5.24. The standard InChI is InChI=1S/C34H12O2/c1-3-5-7-8-9-10-11-12-13-14-15-16-17-18-19-20-21-22-23-24-25-26-27-28-29-30-32-34(35)36-33-31-6-4-2/h1H,4,6,31,33H2,2H3. The first-order valence-electron chi connectivity index (χ1n) is 9.94. The fourth-order valence-electron chi connectivity index (χ4n) is 1.39. The van der Waals surface area contributed by atoms with Gasteiger partial charge in [0.15, 0.2) is 0 Å². The van der Waals surface area contributed by atoms with Gasteiger partial charge in [-0.05, 0) is 101 Å². The van der Waals surface area contributed by atoms with Crippen molar-refractivity contribution in [3.05, 3.63) is 0 Å². The number of unbranched alkanes of at least 4 members (excludes halogenated alkanes) is 2. The van der Waals surface area contributed by atoms with E-state index < -0.39 is 5.97 Å². The summed E-state index contributed by atoms with van der Waals surface area (Å²) in [4.78, 5) is 11.3. The summed E-state index contributed by atoms with van der Waals surface area (Å²) in [7, 11) is 0. The number of carbonyl (C=O) groups excluding carboxylic acids is 1. The molecular weight excluding hydrogens is 440 g/mol. The van der Waals surface area contributed by atoms with E-state index in [1.807, 2.05) is 0 Å². The lowest BCUT2D eigenvalue weighted by Gasteiger charge is -1.97. The summed E-state index contributed by atoms with van der Waals surface area (Å²) >= 11 is 0. The molecule has 0 rings (SSSR count). The highest BCUT2D eigenvalue weighted by Crippen LogP contribution is 1.93. The Morgan fingerprint density at radius 2 is 0.806 bits per heavy atom. The minimum atomic E-state index is -0.603. The molecular formula is C34H12O2. The number of esters is 1. The number of rotatable bonds is 4. The molecule has 0 fully saturated rings. The number of hydrogen-bond acceptors (Lipinski definition) is 2. The van der Waals surface area contributed by atoms with E-state index in [1.54, 1.807) is 0 Å². The molecule has 0 N–H and O–H groups in total. The molecule has 0 spiro atoms. The minimum absolute atomic E-state index is 0.364. The molecule has 36 heavy (non-hydrogen) atoms. The third-order valence-corrected chi connectivity index (χ3v) is 2.72. The Hall–Kier alpha value is -6.69. The largest absolute Gasteiger partial charge is 0.456 e. The van der Waals surface area contributed by atoms with Gasteiger partial charge in [0.05, 0.1) is 6.61 Å². The van der Waals surface area contributed by atoms with Gasteiger partial charge in [-0.25, -0.2) is 4.79 Å². The van der Waals surface area contributed by atoms with Gasteiger partial charge in [-0.3, -0.25) is 0 Å². The van der Waals surface area contributed by atoms with E-state index in [2.05, 4.69) is 167 Å². The van der Waals surface area contributed by atoms with Crippen LogP contribution in [0.2, 0.25) is 0 Å². The highest BCUT2D eigenvalue weighted by atomic mass is 16.5. The maximum atomic E-state index is 11.3. The van der Waals surface area contributed by atoms with Gasteiger partial charge in [0, 0.05) is 65.1 Å². The number of hydrogen-bond donors (Lipinski definition) is 0. The van der Waals surface area contributed by atoms with Crippen LogP contribution < -0.4 is 0 Å². The van der Waals surface area contributed by atoms with Crippen LogP contribution in [0.3, 0.4) is 0 Å². The average molecular weight is 452 g/mol. The van der Waals surface area contributed by atoms with Crippen molar-refractivity contribution >= 4 is 5.97 Å². The zero-order valence-corrected chi connectivity index (χ0v) is 19.2. The molecule has 0 aromatic rings. The highest BCUT2D eigenvalue weighted by molar-refractivity contribution is 5.89. The molecule has 0 amide bonds. The van der Waals surface area contributed by atoms with E-state index >= 15 is 0 Å². The monoisotopic (exact) mass is 452 g/mol. The third kappa shape index (κ3) is 25.3. The zero-order chi connectivity index (χ0) is 26.2. The molecule has 0 atom stereocenters. The first kappa shape index (κ1) is 29.3. The van der Waals surface area contributed by atoms with E-state index in [0.29, 0.717) is 6.61 Å². The quantitative estimate of drug-likeness (QED) is 0.279. The maximum Gasteiger partial charge on any atom is 0.385 e. The van der Waals surface area contributed by atoms with E-state index in [4.69, 9.17) is 11.2 Å². The molecule has 0 saturated carbocycles. The van der Waals surface area contributed by atoms with Crippen LogP contribution in [0.5, 0.6) is 0 Å². The van der Waals surface area contributed by atoms with Gasteiger partial charge in [0.1, 0.15) is 0 Å². The van der Waals surface area contributed by atoms with Crippen molar-refractivity contribution in [2.45, 2.75) is 26.2 Å². The summed E-state index contributed by atoms with van der Waals surface area (Å²) in [5.41, 5.74) is 0. The van der Waals surface area contributed by atoms with Crippen molar-refractivity contribution in [1.29, 1.82) is 0 Å². The molecule has 0 heterocycles. The van der Waals surface area contributed by atoms with Crippen LogP contribution in [0.1, 0.15) is 26.2 Å². The molecule has 0 radical (unpaired) electrons. The first-order chi connectivity index (χ1) is 17.8. The van der Waals surface area contributed by atoms with Crippen LogP contribution in [-0.2, 0) is 9.53 Å². The molecule has 0 aliphatic carbocycles. The summed E-state index contributed by atoms with van der Waals surface area (Å²) in [6, 6.07) is 0. The van der Waals surface area contributed by atoms with Gasteiger partial charge in [0.25, 0.3) is 0 Å². The first-order valence-corrected chi connectivity index (χ1v) is 9.94. The molecule has 0 saturated heterocycles. The molecule has 2 nitrogen and oxygen atoms in total. The topological polar surface area (TPSA) is 26.3 Å². The fourth-order valence-corrected chi connectivity index (χ4v) is 1.39.